The van der Waals surface area contributed by atoms with Gasteiger partial charge < -0.3 is 8.98 Å². The molecule has 3 heterocycles. The SMILES string of the molecule is Cc1ccc2c(c1)oc1ccc(-c3ccc4c(c3)sc3cc(-n5c6ccccc6c6ccccc65)ccc34)cc12. The molecule has 0 atom stereocenters. The van der Waals surface area contributed by atoms with Crippen LogP contribution in [0.1, 0.15) is 5.56 Å². The van der Waals surface area contributed by atoms with Gasteiger partial charge in [0.05, 0.1) is 11.0 Å². The lowest BCUT2D eigenvalue weighted by molar-refractivity contribution is 0.668. The highest BCUT2D eigenvalue weighted by Crippen LogP contribution is 2.40. The van der Waals surface area contributed by atoms with Gasteiger partial charge in [-0.3, -0.25) is 0 Å². The highest BCUT2D eigenvalue weighted by Gasteiger charge is 2.14. The predicted octanol–water partition coefficient (Wildman–Crippen LogP) is 11.0. The Bertz CT molecular complexity index is 2400. The number of hydrogen-bond donors (Lipinski definition) is 0. The number of rotatable bonds is 2. The molecule has 3 heteroatoms. The molecule has 9 rings (SSSR count). The van der Waals surface area contributed by atoms with Crippen LogP contribution >= 0.6 is 11.3 Å². The summed E-state index contributed by atoms with van der Waals surface area (Å²) in [6.07, 6.45) is 0. The van der Waals surface area contributed by atoms with E-state index in [1.165, 1.54) is 75.1 Å². The molecule has 0 saturated carbocycles. The van der Waals surface area contributed by atoms with Crippen LogP contribution in [0.3, 0.4) is 0 Å². The summed E-state index contributed by atoms with van der Waals surface area (Å²) in [7, 11) is 0. The maximum atomic E-state index is 6.13. The van der Waals surface area contributed by atoms with E-state index in [0.717, 1.165) is 11.2 Å². The Morgan fingerprint density at radius 2 is 1.15 bits per heavy atom. The van der Waals surface area contributed by atoms with Gasteiger partial charge in [-0.1, -0.05) is 72.8 Å². The second-order valence-electron chi connectivity index (χ2n) is 10.7. The Hall–Kier alpha value is -4.86. The molecule has 3 aromatic heterocycles. The van der Waals surface area contributed by atoms with Crippen LogP contribution in [-0.2, 0) is 0 Å². The zero-order chi connectivity index (χ0) is 26.4. The predicted molar refractivity (Wildman–Crippen MR) is 171 cm³/mol. The van der Waals surface area contributed by atoms with Gasteiger partial charge in [0.1, 0.15) is 11.2 Å². The molecule has 0 bridgehead atoms. The Labute approximate surface area is 234 Å². The van der Waals surface area contributed by atoms with Crippen LogP contribution in [0.15, 0.2) is 126 Å². The monoisotopic (exact) mass is 529 g/mol. The van der Waals surface area contributed by atoms with Crippen molar-refractivity contribution >= 4 is 75.3 Å². The molecule has 0 fully saturated rings. The summed E-state index contributed by atoms with van der Waals surface area (Å²) in [5.41, 5.74) is 9.21. The number of para-hydroxylation sites is 2. The quantitative estimate of drug-likeness (QED) is 0.218. The number of fused-ring (bicyclic) bond motifs is 9. The van der Waals surface area contributed by atoms with Gasteiger partial charge in [-0.15, -0.1) is 11.3 Å². The molecular formula is C37H23NOS. The highest BCUT2D eigenvalue weighted by atomic mass is 32.1. The number of nitrogens with zero attached hydrogens (tertiary/aromatic N) is 1. The number of aromatic nitrogens is 1. The van der Waals surface area contributed by atoms with Crippen molar-refractivity contribution in [2.75, 3.05) is 0 Å². The van der Waals surface area contributed by atoms with Crippen molar-refractivity contribution in [2.45, 2.75) is 6.92 Å². The van der Waals surface area contributed by atoms with Gasteiger partial charge in [0.15, 0.2) is 0 Å². The van der Waals surface area contributed by atoms with Gasteiger partial charge in [-0.25, -0.2) is 0 Å². The molecule has 2 nitrogen and oxygen atoms in total. The molecule has 6 aromatic carbocycles. The summed E-state index contributed by atoms with van der Waals surface area (Å²) in [4.78, 5) is 0. The van der Waals surface area contributed by atoms with Crippen molar-refractivity contribution < 1.29 is 4.42 Å². The molecule has 0 radical (unpaired) electrons. The zero-order valence-electron chi connectivity index (χ0n) is 21.8. The van der Waals surface area contributed by atoms with Gasteiger partial charge in [0.25, 0.3) is 0 Å². The van der Waals surface area contributed by atoms with E-state index in [2.05, 4.69) is 133 Å². The summed E-state index contributed by atoms with van der Waals surface area (Å²) < 4.78 is 11.1. The first-order valence-electron chi connectivity index (χ1n) is 13.6. The Kier molecular flexibility index (Phi) is 4.44. The van der Waals surface area contributed by atoms with Crippen molar-refractivity contribution in [2.24, 2.45) is 0 Å². The molecule has 0 N–H and O–H groups in total. The Morgan fingerprint density at radius 1 is 0.500 bits per heavy atom. The third kappa shape index (κ3) is 3.10. The molecule has 40 heavy (non-hydrogen) atoms. The minimum absolute atomic E-state index is 0.935. The van der Waals surface area contributed by atoms with Crippen molar-refractivity contribution in [3.05, 3.63) is 127 Å². The summed E-state index contributed by atoms with van der Waals surface area (Å²) >= 11 is 1.87. The van der Waals surface area contributed by atoms with Crippen LogP contribution in [0.25, 0.3) is 80.7 Å². The molecule has 0 aliphatic rings. The Balaban J connectivity index is 1.20. The van der Waals surface area contributed by atoms with Crippen molar-refractivity contribution in [1.29, 1.82) is 0 Å². The minimum Gasteiger partial charge on any atom is -0.456 e. The summed E-state index contributed by atoms with van der Waals surface area (Å²) in [6, 6.07) is 44.2. The van der Waals surface area contributed by atoms with Crippen molar-refractivity contribution in [3.63, 3.8) is 0 Å². The third-order valence-corrected chi connectivity index (χ3v) is 9.37. The van der Waals surface area contributed by atoms with E-state index < -0.39 is 0 Å². The van der Waals surface area contributed by atoms with Gasteiger partial charge in [0, 0.05) is 47.4 Å². The molecular weight excluding hydrogens is 506 g/mol. The van der Waals surface area contributed by atoms with E-state index in [0.29, 0.717) is 0 Å². The number of thiophene rings is 1. The fourth-order valence-corrected chi connectivity index (χ4v) is 7.53. The fourth-order valence-electron chi connectivity index (χ4n) is 6.35. The molecule has 0 saturated heterocycles. The van der Waals surface area contributed by atoms with E-state index in [1.54, 1.807) is 0 Å². The maximum absolute atomic E-state index is 6.13. The van der Waals surface area contributed by atoms with E-state index in [-0.39, 0.29) is 0 Å². The largest absolute Gasteiger partial charge is 0.456 e. The third-order valence-electron chi connectivity index (χ3n) is 8.26. The molecule has 0 amide bonds. The number of furan rings is 1. The lowest BCUT2D eigenvalue weighted by Gasteiger charge is -2.08. The van der Waals surface area contributed by atoms with Crippen LogP contribution in [0.2, 0.25) is 0 Å². The highest BCUT2D eigenvalue weighted by molar-refractivity contribution is 7.25. The minimum atomic E-state index is 0.935. The fraction of sp³-hybridized carbons (Fsp3) is 0.0270. The maximum Gasteiger partial charge on any atom is 0.135 e. The van der Waals surface area contributed by atoms with E-state index in [9.17, 15) is 0 Å². The number of benzene rings is 6. The van der Waals surface area contributed by atoms with Crippen molar-refractivity contribution in [3.8, 4) is 16.8 Å². The van der Waals surface area contributed by atoms with Gasteiger partial charge in [-0.05, 0) is 72.1 Å². The normalized spacial score (nSPS) is 12.1. The molecule has 0 aliphatic carbocycles. The van der Waals surface area contributed by atoms with Crippen molar-refractivity contribution in [1.82, 2.24) is 4.57 Å². The summed E-state index contributed by atoms with van der Waals surface area (Å²) in [6.45, 7) is 2.10. The second kappa shape index (κ2) is 8.08. The smallest absolute Gasteiger partial charge is 0.135 e. The van der Waals surface area contributed by atoms with Crippen LogP contribution < -0.4 is 0 Å². The van der Waals surface area contributed by atoms with Gasteiger partial charge in [0.2, 0.25) is 0 Å². The van der Waals surface area contributed by atoms with Gasteiger partial charge >= 0.3 is 0 Å². The molecule has 188 valence electrons. The average Bonchev–Trinajstić information content (AvgIpc) is 3.64. The van der Waals surface area contributed by atoms with Crippen LogP contribution in [-0.4, -0.2) is 4.57 Å². The first-order chi connectivity index (χ1) is 19.7. The molecule has 0 unspecified atom stereocenters. The topological polar surface area (TPSA) is 18.1 Å². The van der Waals surface area contributed by atoms with E-state index >= 15 is 0 Å². The second-order valence-corrected chi connectivity index (χ2v) is 11.8. The standard InChI is InChI=1S/C37H23NOS/c1-22-10-14-28-31-19-23(12-17-34(31)39-35(28)18-22)24-11-15-29-30-16-13-25(21-37(30)40-36(29)20-24)38-32-8-4-2-6-26(32)27-7-3-5-9-33(27)38/h2-21H,1H3. The van der Waals surface area contributed by atoms with Crippen LogP contribution in [0.5, 0.6) is 0 Å². The zero-order valence-corrected chi connectivity index (χ0v) is 22.6. The number of hydrogen-bond acceptors (Lipinski definition) is 2. The van der Waals surface area contributed by atoms with E-state index in [4.69, 9.17) is 4.42 Å². The van der Waals surface area contributed by atoms with Crippen LogP contribution in [0.4, 0.5) is 0 Å². The molecule has 0 spiro atoms. The average molecular weight is 530 g/mol. The van der Waals surface area contributed by atoms with Gasteiger partial charge in [-0.2, -0.15) is 0 Å². The number of aryl methyl sites for hydroxylation is 1. The summed E-state index contributed by atoms with van der Waals surface area (Å²) in [5, 5.41) is 7.53. The lowest BCUT2D eigenvalue weighted by Crippen LogP contribution is -1.92. The van der Waals surface area contributed by atoms with E-state index in [1.807, 2.05) is 11.3 Å². The molecule has 9 aromatic rings. The molecule has 0 aliphatic heterocycles. The van der Waals surface area contributed by atoms with Crippen LogP contribution in [0, 0.1) is 6.92 Å². The summed E-state index contributed by atoms with van der Waals surface area (Å²) in [5.74, 6) is 0. The first kappa shape index (κ1) is 22.0. The lowest BCUT2D eigenvalue weighted by atomic mass is 10.0. The first-order valence-corrected chi connectivity index (χ1v) is 14.4. The Morgan fingerprint density at radius 3 is 1.95 bits per heavy atom.